The van der Waals surface area contributed by atoms with Gasteiger partial charge in [0.2, 0.25) is 0 Å². The molecule has 0 aliphatic rings. The highest BCUT2D eigenvalue weighted by molar-refractivity contribution is 7.47. The van der Waals surface area contributed by atoms with E-state index >= 15 is 0 Å². The SMILES string of the molecule is CC/C=C\C/C=C\C/C=C\C/C=C\CCCCCCCCC(=O)OC(COC(=O)CCCCCCCCCCCCCCCCCCC)COP(=O)(O)OCC(CO)OC(=O)CCCCCCCCCCCCCCCCCCC. The van der Waals surface area contributed by atoms with E-state index in [1.54, 1.807) is 0 Å². The summed E-state index contributed by atoms with van der Waals surface area (Å²) in [7, 11) is -4.75. The van der Waals surface area contributed by atoms with E-state index in [0.29, 0.717) is 19.3 Å². The average Bonchev–Trinajstić information content (AvgIpc) is 3.45. The van der Waals surface area contributed by atoms with Gasteiger partial charge in [0.1, 0.15) is 12.7 Å². The third-order valence-electron chi connectivity index (χ3n) is 14.8. The van der Waals surface area contributed by atoms with Crippen molar-refractivity contribution >= 4 is 25.7 Å². The van der Waals surface area contributed by atoms with E-state index in [9.17, 15) is 28.9 Å². The molecule has 0 radical (unpaired) electrons. The summed E-state index contributed by atoms with van der Waals surface area (Å²) in [5, 5.41) is 9.87. The van der Waals surface area contributed by atoms with Crippen molar-refractivity contribution in [1.29, 1.82) is 0 Å². The maximum atomic E-state index is 13.0. The molecule has 0 aromatic carbocycles. The molecule has 3 atom stereocenters. The minimum absolute atomic E-state index is 0.155. The van der Waals surface area contributed by atoms with E-state index in [1.165, 1.54) is 167 Å². The van der Waals surface area contributed by atoms with Crippen molar-refractivity contribution < 1.29 is 52.2 Å². The number of ether oxygens (including phenoxy) is 3. The Bertz CT molecular complexity index is 1530. The largest absolute Gasteiger partial charge is 0.472 e. The first kappa shape index (κ1) is 77.4. The number of hydrogen-bond donors (Lipinski definition) is 2. The second kappa shape index (κ2) is 62.5. The number of carbonyl (C=O) groups excluding carboxylic acids is 3. The average molecular weight is 1150 g/mol. The Hall–Kier alpha value is -2.56. The smallest absolute Gasteiger partial charge is 0.462 e. The molecule has 0 aromatic heterocycles. The van der Waals surface area contributed by atoms with Gasteiger partial charge in [-0.2, -0.15) is 0 Å². The van der Waals surface area contributed by atoms with Crippen molar-refractivity contribution in [3.63, 3.8) is 0 Å². The van der Waals surface area contributed by atoms with Crippen molar-refractivity contribution in [2.24, 2.45) is 0 Å². The number of aliphatic hydroxyl groups is 1. The van der Waals surface area contributed by atoms with Crippen LogP contribution in [0.4, 0.5) is 0 Å². The number of phosphoric acid groups is 1. The normalized spacial score (nSPS) is 13.5. The van der Waals surface area contributed by atoms with E-state index in [2.05, 4.69) is 69.4 Å². The molecule has 80 heavy (non-hydrogen) atoms. The second-order valence-corrected chi connectivity index (χ2v) is 24.1. The summed E-state index contributed by atoms with van der Waals surface area (Å²) in [6, 6.07) is 0. The molecule has 468 valence electrons. The van der Waals surface area contributed by atoms with Crippen LogP contribution in [0.15, 0.2) is 48.6 Å². The molecule has 2 N–H and O–H groups in total. The van der Waals surface area contributed by atoms with Crippen LogP contribution < -0.4 is 0 Å². The molecule has 0 aliphatic heterocycles. The Morgan fingerprint density at radius 3 is 1.00 bits per heavy atom. The third kappa shape index (κ3) is 60.0. The number of hydrogen-bond acceptors (Lipinski definition) is 10. The minimum Gasteiger partial charge on any atom is -0.462 e. The highest BCUT2D eigenvalue weighted by Crippen LogP contribution is 2.43. The highest BCUT2D eigenvalue weighted by atomic mass is 31.2. The van der Waals surface area contributed by atoms with Gasteiger partial charge in [0, 0.05) is 19.3 Å². The van der Waals surface area contributed by atoms with Crippen LogP contribution in [0, 0.1) is 0 Å². The van der Waals surface area contributed by atoms with Gasteiger partial charge in [0.15, 0.2) is 6.10 Å². The van der Waals surface area contributed by atoms with Crippen molar-refractivity contribution in [3.05, 3.63) is 48.6 Å². The summed E-state index contributed by atoms with van der Waals surface area (Å²) >= 11 is 0. The van der Waals surface area contributed by atoms with Gasteiger partial charge in [-0.25, -0.2) is 4.57 Å². The van der Waals surface area contributed by atoms with Gasteiger partial charge in [-0.15, -0.1) is 0 Å². The quantitative estimate of drug-likeness (QED) is 0.0197. The molecule has 0 saturated heterocycles. The van der Waals surface area contributed by atoms with Crippen LogP contribution in [-0.2, 0) is 42.2 Å². The Morgan fingerprint density at radius 2 is 0.650 bits per heavy atom. The summed E-state index contributed by atoms with van der Waals surface area (Å²) in [6.07, 6.45) is 69.1. The zero-order valence-electron chi connectivity index (χ0n) is 52.1. The second-order valence-electron chi connectivity index (χ2n) is 22.6. The molecule has 12 heteroatoms. The van der Waals surface area contributed by atoms with E-state index in [4.69, 9.17) is 23.3 Å². The number of esters is 3. The van der Waals surface area contributed by atoms with Crippen LogP contribution in [0.2, 0.25) is 0 Å². The Kier molecular flexibility index (Phi) is 60.5. The zero-order chi connectivity index (χ0) is 58.3. The van der Waals surface area contributed by atoms with Crippen LogP contribution in [0.1, 0.15) is 329 Å². The van der Waals surface area contributed by atoms with Gasteiger partial charge in [0.25, 0.3) is 0 Å². The van der Waals surface area contributed by atoms with Gasteiger partial charge < -0.3 is 24.2 Å². The summed E-state index contributed by atoms with van der Waals surface area (Å²) < 4.78 is 39.8. The van der Waals surface area contributed by atoms with Crippen LogP contribution in [-0.4, -0.2) is 66.5 Å². The number of aliphatic hydroxyl groups excluding tert-OH is 1. The summed E-state index contributed by atoms with van der Waals surface area (Å²) in [6.45, 7) is 4.60. The molecule has 0 rings (SSSR count). The highest BCUT2D eigenvalue weighted by Gasteiger charge is 2.28. The lowest BCUT2D eigenvalue weighted by atomic mass is 10.0. The Balaban J connectivity index is 4.67. The van der Waals surface area contributed by atoms with E-state index in [1.807, 2.05) is 0 Å². The third-order valence-corrected chi connectivity index (χ3v) is 15.7. The molecule has 0 aliphatic carbocycles. The molecule has 11 nitrogen and oxygen atoms in total. The summed E-state index contributed by atoms with van der Waals surface area (Å²) in [5.74, 6) is -1.45. The molecule has 0 bridgehead atoms. The first-order valence-corrected chi connectivity index (χ1v) is 35.0. The Labute approximate surface area is 492 Å². The summed E-state index contributed by atoms with van der Waals surface area (Å²) in [4.78, 5) is 48.8. The van der Waals surface area contributed by atoms with Crippen molar-refractivity contribution in [3.8, 4) is 0 Å². The van der Waals surface area contributed by atoms with Crippen LogP contribution in [0.25, 0.3) is 0 Å². The molecule has 0 saturated carbocycles. The van der Waals surface area contributed by atoms with E-state index in [0.717, 1.165) is 103 Å². The number of unbranched alkanes of at least 4 members (excludes halogenated alkanes) is 38. The number of allylic oxidation sites excluding steroid dienone is 8. The first-order valence-electron chi connectivity index (χ1n) is 33.5. The van der Waals surface area contributed by atoms with Gasteiger partial charge >= 0.3 is 25.7 Å². The first-order chi connectivity index (χ1) is 39.2. The van der Waals surface area contributed by atoms with Crippen LogP contribution in [0.3, 0.4) is 0 Å². The Morgan fingerprint density at radius 1 is 0.362 bits per heavy atom. The van der Waals surface area contributed by atoms with Gasteiger partial charge in [-0.1, -0.05) is 301 Å². The summed E-state index contributed by atoms with van der Waals surface area (Å²) in [5.41, 5.74) is 0. The van der Waals surface area contributed by atoms with E-state index < -0.39 is 57.8 Å². The van der Waals surface area contributed by atoms with Crippen molar-refractivity contribution in [2.45, 2.75) is 341 Å². The van der Waals surface area contributed by atoms with Gasteiger partial charge in [0.05, 0.1) is 19.8 Å². The lowest BCUT2D eigenvalue weighted by Gasteiger charge is -2.21. The molecule has 0 spiro atoms. The standard InChI is InChI=1S/C68H125O11P/c1-4-7-10-13-16-19-22-25-28-31-32-35-38-41-44-47-50-53-56-59-68(72)79-65(61-75-66(70)57-54-51-48-45-42-39-36-33-29-26-23-20-17-14-11-8-5-2)63-77-80(73,74)76-62-64(60-69)78-67(71)58-55-52-49-46-43-40-37-34-30-27-24-21-18-15-12-9-6-3/h7,10,16,19,25,28,32,35,64-65,69H,4-6,8-9,11-15,17-18,20-24,26-27,29-31,33-34,36-63H2,1-3H3,(H,73,74)/b10-7-,19-16-,28-25-,35-32-. The predicted octanol–water partition coefficient (Wildman–Crippen LogP) is 20.5. The lowest BCUT2D eigenvalue weighted by Crippen LogP contribution is -2.30. The van der Waals surface area contributed by atoms with Crippen molar-refractivity contribution in [1.82, 2.24) is 0 Å². The van der Waals surface area contributed by atoms with Crippen LogP contribution in [0.5, 0.6) is 0 Å². The maximum Gasteiger partial charge on any atom is 0.472 e. The molecular formula is C68H125O11P. The zero-order valence-corrected chi connectivity index (χ0v) is 53.0. The molecule has 0 heterocycles. The minimum atomic E-state index is -4.75. The van der Waals surface area contributed by atoms with Crippen LogP contribution >= 0.6 is 7.82 Å². The monoisotopic (exact) mass is 1150 g/mol. The van der Waals surface area contributed by atoms with Crippen molar-refractivity contribution in [2.75, 3.05) is 26.4 Å². The molecule has 3 unspecified atom stereocenters. The fourth-order valence-corrected chi connectivity index (χ4v) is 10.5. The van der Waals surface area contributed by atoms with E-state index in [-0.39, 0.29) is 25.9 Å². The fraction of sp³-hybridized carbons (Fsp3) is 0.838. The lowest BCUT2D eigenvalue weighted by molar-refractivity contribution is -0.161. The molecule has 0 fully saturated rings. The number of phosphoric ester groups is 1. The number of carbonyl (C=O) groups is 3. The fourth-order valence-electron chi connectivity index (χ4n) is 9.70. The topological polar surface area (TPSA) is 155 Å². The van der Waals surface area contributed by atoms with Gasteiger partial charge in [-0.3, -0.25) is 23.4 Å². The molecule has 0 aromatic rings. The van der Waals surface area contributed by atoms with Gasteiger partial charge in [-0.05, 0) is 57.8 Å². The number of rotatable bonds is 63. The predicted molar refractivity (Wildman–Crippen MR) is 335 cm³/mol. The molecule has 0 amide bonds. The molecular weight excluding hydrogens is 1020 g/mol. The maximum absolute atomic E-state index is 13.0.